The minimum absolute atomic E-state index is 0.364. The lowest BCUT2D eigenvalue weighted by atomic mass is 9.96. The summed E-state index contributed by atoms with van der Waals surface area (Å²) >= 11 is 0. The summed E-state index contributed by atoms with van der Waals surface area (Å²) in [4.78, 5) is 0. The van der Waals surface area contributed by atoms with Gasteiger partial charge in [-0.3, -0.25) is 0 Å². The fourth-order valence-electron chi connectivity index (χ4n) is 2.68. The second kappa shape index (κ2) is 9.89. The Hall–Kier alpha value is -1.02. The number of hydrogen-bond acceptors (Lipinski definition) is 2. The van der Waals surface area contributed by atoms with Gasteiger partial charge < -0.3 is 10.5 Å². The van der Waals surface area contributed by atoms with Crippen molar-refractivity contribution in [2.24, 2.45) is 11.7 Å². The Morgan fingerprint density at radius 1 is 1.09 bits per heavy atom. The predicted molar refractivity (Wildman–Crippen MR) is 96.7 cm³/mol. The molecule has 0 saturated carbocycles. The molecule has 2 N–H and O–H groups in total. The van der Waals surface area contributed by atoms with Crippen molar-refractivity contribution >= 4 is 0 Å². The molecule has 2 nitrogen and oxygen atoms in total. The molecule has 1 aromatic rings. The molecule has 1 rings (SSSR count). The van der Waals surface area contributed by atoms with Gasteiger partial charge in [0.2, 0.25) is 0 Å². The molecule has 1 aromatic carbocycles. The van der Waals surface area contributed by atoms with Crippen LogP contribution in [0.3, 0.4) is 0 Å². The van der Waals surface area contributed by atoms with Gasteiger partial charge in [0.05, 0.1) is 6.61 Å². The van der Waals surface area contributed by atoms with E-state index in [9.17, 15) is 0 Å². The zero-order valence-electron chi connectivity index (χ0n) is 15.2. The number of nitrogens with two attached hydrogens (primary N) is 1. The van der Waals surface area contributed by atoms with Gasteiger partial charge in [-0.15, -0.1) is 0 Å². The van der Waals surface area contributed by atoms with Gasteiger partial charge in [0.15, 0.2) is 0 Å². The maximum atomic E-state index is 6.10. The average Bonchev–Trinajstić information content (AvgIpc) is 2.45. The summed E-state index contributed by atoms with van der Waals surface area (Å²) < 4.78 is 5.97. The third-order valence-corrected chi connectivity index (χ3v) is 3.97. The predicted octanol–water partition coefficient (Wildman–Crippen LogP) is 5.29. The molecule has 0 aromatic heterocycles. The first-order valence-corrected chi connectivity index (χ1v) is 8.95. The average molecular weight is 306 g/mol. The molecule has 0 fully saturated rings. The Morgan fingerprint density at radius 2 is 1.82 bits per heavy atom. The number of aryl methyl sites for hydroxylation is 1. The fraction of sp³-hybridized carbons (Fsp3) is 0.700. The summed E-state index contributed by atoms with van der Waals surface area (Å²) in [6.45, 7) is 11.8. The fourth-order valence-corrected chi connectivity index (χ4v) is 2.68. The second-order valence-corrected chi connectivity index (χ2v) is 7.17. The standard InChI is InChI=1S/C20H35NO/c1-6-8-18(21)10-7-9-17-11-12-20(22-14-15(2)3)19(13-17)16(4)5/h11-13,15-16,18H,6-10,14,21H2,1-5H3. The highest BCUT2D eigenvalue weighted by Crippen LogP contribution is 2.28. The van der Waals surface area contributed by atoms with Crippen molar-refractivity contribution in [1.82, 2.24) is 0 Å². The second-order valence-electron chi connectivity index (χ2n) is 7.17. The smallest absolute Gasteiger partial charge is 0.122 e. The van der Waals surface area contributed by atoms with E-state index in [1.165, 1.54) is 24.0 Å². The van der Waals surface area contributed by atoms with E-state index >= 15 is 0 Å². The first-order valence-electron chi connectivity index (χ1n) is 8.95. The van der Waals surface area contributed by atoms with E-state index in [0.717, 1.165) is 31.6 Å². The minimum Gasteiger partial charge on any atom is -0.493 e. The van der Waals surface area contributed by atoms with Gasteiger partial charge >= 0.3 is 0 Å². The van der Waals surface area contributed by atoms with Crippen molar-refractivity contribution in [3.8, 4) is 5.75 Å². The summed E-state index contributed by atoms with van der Waals surface area (Å²) in [6.07, 6.45) is 5.72. The van der Waals surface area contributed by atoms with Gasteiger partial charge in [-0.2, -0.15) is 0 Å². The number of rotatable bonds is 10. The van der Waals surface area contributed by atoms with Gasteiger partial charge in [0.25, 0.3) is 0 Å². The number of ether oxygens (including phenoxy) is 1. The van der Waals surface area contributed by atoms with Crippen molar-refractivity contribution in [3.63, 3.8) is 0 Å². The lowest BCUT2D eigenvalue weighted by Crippen LogP contribution is -2.19. The highest BCUT2D eigenvalue weighted by atomic mass is 16.5. The van der Waals surface area contributed by atoms with Crippen LogP contribution >= 0.6 is 0 Å². The molecule has 1 atom stereocenters. The monoisotopic (exact) mass is 305 g/mol. The molecule has 0 radical (unpaired) electrons. The molecule has 2 heteroatoms. The summed E-state index contributed by atoms with van der Waals surface area (Å²) in [5.41, 5.74) is 8.83. The maximum absolute atomic E-state index is 6.10. The normalized spacial score (nSPS) is 12.9. The first kappa shape index (κ1) is 19.0. The van der Waals surface area contributed by atoms with Crippen LogP contribution in [0.2, 0.25) is 0 Å². The number of benzene rings is 1. The van der Waals surface area contributed by atoms with E-state index in [1.54, 1.807) is 0 Å². The molecule has 0 aliphatic rings. The lowest BCUT2D eigenvalue weighted by molar-refractivity contribution is 0.267. The van der Waals surface area contributed by atoms with Crippen LogP contribution in [0.4, 0.5) is 0 Å². The van der Waals surface area contributed by atoms with Crippen LogP contribution in [0.15, 0.2) is 18.2 Å². The molecule has 0 aliphatic heterocycles. The van der Waals surface area contributed by atoms with Gasteiger partial charge in [-0.25, -0.2) is 0 Å². The van der Waals surface area contributed by atoms with Crippen LogP contribution in [-0.2, 0) is 6.42 Å². The Morgan fingerprint density at radius 3 is 2.41 bits per heavy atom. The topological polar surface area (TPSA) is 35.2 Å². The first-order chi connectivity index (χ1) is 10.4. The van der Waals surface area contributed by atoms with Crippen molar-refractivity contribution in [2.45, 2.75) is 78.7 Å². The van der Waals surface area contributed by atoms with E-state index in [1.807, 2.05) is 0 Å². The largest absolute Gasteiger partial charge is 0.493 e. The molecule has 1 unspecified atom stereocenters. The van der Waals surface area contributed by atoms with E-state index in [4.69, 9.17) is 10.5 Å². The van der Waals surface area contributed by atoms with Crippen LogP contribution in [0, 0.1) is 5.92 Å². The van der Waals surface area contributed by atoms with E-state index < -0.39 is 0 Å². The van der Waals surface area contributed by atoms with Gasteiger partial charge in [0, 0.05) is 6.04 Å². The molecule has 0 amide bonds. The summed E-state index contributed by atoms with van der Waals surface area (Å²) in [6, 6.07) is 7.06. The highest BCUT2D eigenvalue weighted by molar-refractivity contribution is 5.39. The zero-order valence-corrected chi connectivity index (χ0v) is 15.2. The van der Waals surface area contributed by atoms with E-state index in [0.29, 0.717) is 17.9 Å². The number of hydrogen-bond donors (Lipinski definition) is 1. The summed E-state index contributed by atoms with van der Waals surface area (Å²) in [7, 11) is 0. The molecule has 0 saturated heterocycles. The third-order valence-electron chi connectivity index (χ3n) is 3.97. The van der Waals surface area contributed by atoms with Crippen LogP contribution in [0.1, 0.15) is 77.3 Å². The molecule has 126 valence electrons. The van der Waals surface area contributed by atoms with Crippen LogP contribution < -0.4 is 10.5 Å². The Kier molecular flexibility index (Phi) is 8.55. The van der Waals surface area contributed by atoms with Crippen molar-refractivity contribution < 1.29 is 4.74 Å². The van der Waals surface area contributed by atoms with Crippen molar-refractivity contribution in [2.75, 3.05) is 6.61 Å². The van der Waals surface area contributed by atoms with Crippen molar-refractivity contribution in [1.29, 1.82) is 0 Å². The molecule has 22 heavy (non-hydrogen) atoms. The van der Waals surface area contributed by atoms with Gasteiger partial charge in [0.1, 0.15) is 5.75 Å². The van der Waals surface area contributed by atoms with Gasteiger partial charge in [-0.05, 0) is 54.7 Å². The van der Waals surface area contributed by atoms with Crippen LogP contribution in [0.5, 0.6) is 5.75 Å². The Labute approximate surface area is 137 Å². The van der Waals surface area contributed by atoms with Crippen LogP contribution in [-0.4, -0.2) is 12.6 Å². The SMILES string of the molecule is CCCC(N)CCCc1ccc(OCC(C)C)c(C(C)C)c1. The molecule has 0 heterocycles. The Bertz CT molecular complexity index is 426. The quantitative estimate of drug-likeness (QED) is 0.637. The minimum atomic E-state index is 0.364. The molecular weight excluding hydrogens is 270 g/mol. The maximum Gasteiger partial charge on any atom is 0.122 e. The zero-order chi connectivity index (χ0) is 16.5. The molecule has 0 bridgehead atoms. The molecule has 0 aliphatic carbocycles. The van der Waals surface area contributed by atoms with E-state index in [-0.39, 0.29) is 0 Å². The lowest BCUT2D eigenvalue weighted by Gasteiger charge is -2.17. The molecular formula is C20H35NO. The molecule has 0 spiro atoms. The summed E-state index contributed by atoms with van der Waals surface area (Å²) in [5, 5.41) is 0. The van der Waals surface area contributed by atoms with Gasteiger partial charge in [-0.1, -0.05) is 53.2 Å². The van der Waals surface area contributed by atoms with Crippen LogP contribution in [0.25, 0.3) is 0 Å². The highest BCUT2D eigenvalue weighted by Gasteiger charge is 2.10. The Balaban J connectivity index is 2.63. The van der Waals surface area contributed by atoms with Crippen molar-refractivity contribution in [3.05, 3.63) is 29.3 Å². The third kappa shape index (κ3) is 6.83. The van der Waals surface area contributed by atoms with E-state index in [2.05, 4.69) is 52.8 Å². The summed E-state index contributed by atoms with van der Waals surface area (Å²) in [5.74, 6) is 2.10.